The normalized spacial score (nSPS) is 11.7. The lowest BCUT2D eigenvalue weighted by Crippen LogP contribution is -2.07. The van der Waals surface area contributed by atoms with Gasteiger partial charge in [-0.05, 0) is 24.4 Å². The average molecular weight is 310 g/mol. The summed E-state index contributed by atoms with van der Waals surface area (Å²) in [6, 6.07) is 9.07. The first kappa shape index (κ1) is 15.4. The summed E-state index contributed by atoms with van der Waals surface area (Å²) in [5, 5.41) is 0. The van der Waals surface area contributed by atoms with E-state index in [0.29, 0.717) is 0 Å². The van der Waals surface area contributed by atoms with E-state index in [2.05, 4.69) is 30.3 Å². The molecule has 0 heterocycles. The van der Waals surface area contributed by atoms with Gasteiger partial charge in [-0.25, -0.2) is 0 Å². The molecule has 0 saturated heterocycles. The summed E-state index contributed by atoms with van der Waals surface area (Å²) in [6.45, 7) is 0. The largest absolute Gasteiger partial charge is 0.341 e. The van der Waals surface area contributed by atoms with Crippen LogP contribution in [0.25, 0.3) is 0 Å². The van der Waals surface area contributed by atoms with Crippen molar-refractivity contribution in [2.45, 2.75) is 44.6 Å². The predicted molar refractivity (Wildman–Crippen MR) is 81.4 cm³/mol. The minimum atomic E-state index is -2.36. The molecule has 0 saturated carbocycles. The molecule has 4 heteroatoms. The van der Waals surface area contributed by atoms with Crippen LogP contribution in [0.1, 0.15) is 37.7 Å². The Bertz CT molecular complexity index is 295. The molecule has 0 nitrogen and oxygen atoms in total. The molecule has 0 amide bonds. The van der Waals surface area contributed by atoms with E-state index in [1.165, 1.54) is 37.7 Å². The van der Waals surface area contributed by atoms with Crippen molar-refractivity contribution in [3.8, 4) is 0 Å². The Morgan fingerprint density at radius 2 is 1.35 bits per heavy atom. The zero-order valence-corrected chi connectivity index (χ0v) is 13.2. The fourth-order valence-electron chi connectivity index (χ4n) is 1.83. The SMILES string of the molecule is Cl[Si](Cl)(Cl)CCCCCCCc1ccccc1. The minimum absolute atomic E-state index is 0.802. The summed E-state index contributed by atoms with van der Waals surface area (Å²) in [5.41, 5.74) is 1.43. The van der Waals surface area contributed by atoms with Crippen molar-refractivity contribution in [1.82, 2.24) is 0 Å². The van der Waals surface area contributed by atoms with Crippen LogP contribution >= 0.6 is 33.2 Å². The molecule has 0 fully saturated rings. The van der Waals surface area contributed by atoms with E-state index in [1.54, 1.807) is 0 Å². The molecule has 0 radical (unpaired) electrons. The van der Waals surface area contributed by atoms with Gasteiger partial charge in [0.1, 0.15) is 0 Å². The smallest absolute Gasteiger partial charge is 0.126 e. The monoisotopic (exact) mass is 308 g/mol. The van der Waals surface area contributed by atoms with Crippen molar-refractivity contribution in [1.29, 1.82) is 0 Å². The van der Waals surface area contributed by atoms with Gasteiger partial charge in [-0.3, -0.25) is 0 Å². The van der Waals surface area contributed by atoms with E-state index in [-0.39, 0.29) is 0 Å². The third-order valence-corrected chi connectivity index (χ3v) is 5.39. The lowest BCUT2D eigenvalue weighted by Gasteiger charge is -2.06. The van der Waals surface area contributed by atoms with Gasteiger partial charge in [-0.2, -0.15) is 0 Å². The molecule has 1 rings (SSSR count). The van der Waals surface area contributed by atoms with Gasteiger partial charge in [-0.15, -0.1) is 33.2 Å². The van der Waals surface area contributed by atoms with Gasteiger partial charge < -0.3 is 0 Å². The van der Waals surface area contributed by atoms with Gasteiger partial charge >= 0.3 is 6.00 Å². The van der Waals surface area contributed by atoms with Crippen molar-refractivity contribution in [3.63, 3.8) is 0 Å². The molecular formula is C13H19Cl3Si. The highest BCUT2D eigenvalue weighted by atomic mass is 35.8. The maximum atomic E-state index is 5.82. The average Bonchev–Trinajstić information content (AvgIpc) is 2.28. The first-order chi connectivity index (χ1) is 8.08. The van der Waals surface area contributed by atoms with Gasteiger partial charge in [-0.1, -0.05) is 56.0 Å². The van der Waals surface area contributed by atoms with Gasteiger partial charge in [0.05, 0.1) is 0 Å². The zero-order valence-electron chi connectivity index (χ0n) is 9.97. The highest BCUT2D eigenvalue weighted by molar-refractivity contribution is 7.64. The Labute approximate surface area is 119 Å². The molecule has 0 spiro atoms. The van der Waals surface area contributed by atoms with Crippen molar-refractivity contribution in [3.05, 3.63) is 35.9 Å². The summed E-state index contributed by atoms with van der Waals surface area (Å²) < 4.78 is 0. The maximum Gasteiger partial charge on any atom is 0.341 e. The number of unbranched alkanes of at least 4 members (excludes halogenated alkanes) is 4. The summed E-state index contributed by atoms with van der Waals surface area (Å²) in [4.78, 5) is 0. The van der Waals surface area contributed by atoms with E-state index < -0.39 is 6.00 Å². The van der Waals surface area contributed by atoms with Crippen LogP contribution in [0.3, 0.4) is 0 Å². The molecule has 1 aromatic rings. The van der Waals surface area contributed by atoms with E-state index in [0.717, 1.165) is 12.5 Å². The Morgan fingerprint density at radius 1 is 0.765 bits per heavy atom. The van der Waals surface area contributed by atoms with Crippen LogP contribution in [-0.2, 0) is 6.42 Å². The van der Waals surface area contributed by atoms with E-state index in [1.807, 2.05) is 0 Å². The van der Waals surface area contributed by atoms with Crippen LogP contribution in [0.15, 0.2) is 30.3 Å². The lowest BCUT2D eigenvalue weighted by molar-refractivity contribution is 0.631. The van der Waals surface area contributed by atoms with Crippen molar-refractivity contribution < 1.29 is 0 Å². The molecule has 17 heavy (non-hydrogen) atoms. The number of hydrogen-bond acceptors (Lipinski definition) is 0. The topological polar surface area (TPSA) is 0 Å². The molecule has 0 aliphatic heterocycles. The van der Waals surface area contributed by atoms with Crippen molar-refractivity contribution in [2.24, 2.45) is 0 Å². The molecule has 0 unspecified atom stereocenters. The quantitative estimate of drug-likeness (QED) is 0.322. The van der Waals surface area contributed by atoms with Crippen LogP contribution < -0.4 is 0 Å². The van der Waals surface area contributed by atoms with Crippen LogP contribution in [0, 0.1) is 0 Å². The van der Waals surface area contributed by atoms with E-state index >= 15 is 0 Å². The highest BCUT2D eigenvalue weighted by Gasteiger charge is 2.23. The zero-order chi connectivity index (χ0) is 12.6. The molecule has 0 atom stereocenters. The van der Waals surface area contributed by atoms with Crippen molar-refractivity contribution in [2.75, 3.05) is 0 Å². The Morgan fingerprint density at radius 3 is 2.00 bits per heavy atom. The predicted octanol–water partition coefficient (Wildman–Crippen LogP) is 5.83. The molecule has 0 aliphatic carbocycles. The molecule has 0 aromatic heterocycles. The van der Waals surface area contributed by atoms with E-state index in [4.69, 9.17) is 33.2 Å². The second kappa shape index (κ2) is 8.42. The van der Waals surface area contributed by atoms with Crippen LogP contribution in [0.2, 0.25) is 6.04 Å². The Hall–Kier alpha value is 0.307. The third-order valence-electron chi connectivity index (χ3n) is 2.77. The number of halogens is 3. The van der Waals surface area contributed by atoms with Crippen LogP contribution in [-0.4, -0.2) is 6.00 Å². The summed E-state index contributed by atoms with van der Waals surface area (Å²) in [7, 11) is 0. The Kier molecular flexibility index (Phi) is 7.61. The minimum Gasteiger partial charge on any atom is -0.126 e. The molecule has 0 aliphatic rings. The second-order valence-electron chi connectivity index (χ2n) is 4.37. The number of rotatable bonds is 8. The summed E-state index contributed by atoms with van der Waals surface area (Å²) in [5.74, 6) is 0. The first-order valence-corrected chi connectivity index (χ1v) is 11.4. The van der Waals surface area contributed by atoms with Gasteiger partial charge in [0, 0.05) is 0 Å². The standard InChI is InChI=1S/C13H19Cl3Si/c14-17(15,16)12-8-3-1-2-5-9-13-10-6-4-7-11-13/h4,6-7,10-11H,1-3,5,8-9,12H2. The van der Waals surface area contributed by atoms with E-state index in [9.17, 15) is 0 Å². The molecule has 0 N–H and O–H groups in total. The Balaban J connectivity index is 1.95. The van der Waals surface area contributed by atoms with Crippen molar-refractivity contribution >= 4 is 39.2 Å². The fraction of sp³-hybridized carbons (Fsp3) is 0.538. The summed E-state index contributed by atoms with van der Waals surface area (Å²) in [6.07, 6.45) is 7.22. The lowest BCUT2D eigenvalue weighted by atomic mass is 10.1. The second-order valence-corrected chi connectivity index (χ2v) is 13.6. The number of hydrogen-bond donors (Lipinski definition) is 0. The maximum absolute atomic E-state index is 5.82. The van der Waals surface area contributed by atoms with Crippen LogP contribution in [0.5, 0.6) is 0 Å². The molecule has 0 bridgehead atoms. The van der Waals surface area contributed by atoms with Crippen LogP contribution in [0.4, 0.5) is 0 Å². The fourth-order valence-corrected chi connectivity index (χ4v) is 3.68. The molecule has 1 aromatic carbocycles. The molecular weight excluding hydrogens is 291 g/mol. The molecule has 96 valence electrons. The summed E-state index contributed by atoms with van der Waals surface area (Å²) >= 11 is 17.5. The number of aryl methyl sites for hydroxylation is 1. The highest BCUT2D eigenvalue weighted by Crippen LogP contribution is 2.27. The third kappa shape index (κ3) is 8.95. The number of benzene rings is 1. The van der Waals surface area contributed by atoms with Gasteiger partial charge in [0.25, 0.3) is 0 Å². The van der Waals surface area contributed by atoms with Gasteiger partial charge in [0.15, 0.2) is 0 Å². The van der Waals surface area contributed by atoms with Gasteiger partial charge in [0.2, 0.25) is 0 Å². The first-order valence-electron chi connectivity index (χ1n) is 6.18.